The van der Waals surface area contributed by atoms with Crippen LogP contribution in [0.5, 0.6) is 0 Å². The number of anilines is 1. The Kier molecular flexibility index (Phi) is 4.76. The molecule has 1 heterocycles. The maximum atomic E-state index is 10.9. The summed E-state index contributed by atoms with van der Waals surface area (Å²) in [6.45, 7) is 6.92. The standard InChI is InChI=1S/C14H23N5O2/c1-10-7-18(8-11(2)17(10)3)9-12-6-13(19(20)21)4-5-14(12)16-15/h4-6,10-11,16H,7-9,15H2,1-3H3. The van der Waals surface area contributed by atoms with Gasteiger partial charge in [0, 0.05) is 43.9 Å². The van der Waals surface area contributed by atoms with E-state index in [2.05, 4.69) is 36.1 Å². The number of nitrogens with two attached hydrogens (primary N) is 1. The van der Waals surface area contributed by atoms with Crippen molar-refractivity contribution in [2.24, 2.45) is 5.84 Å². The zero-order valence-corrected chi connectivity index (χ0v) is 12.7. The van der Waals surface area contributed by atoms with Crippen molar-refractivity contribution in [2.45, 2.75) is 32.5 Å². The SMILES string of the molecule is CC1CN(Cc2cc([N+](=O)[O-])ccc2NN)CC(C)N1C. The molecule has 1 fully saturated rings. The van der Waals surface area contributed by atoms with Gasteiger partial charge in [-0.05, 0) is 32.5 Å². The summed E-state index contributed by atoms with van der Waals surface area (Å²) in [5.74, 6) is 5.51. The molecule has 1 aromatic rings. The van der Waals surface area contributed by atoms with Crippen LogP contribution in [0.4, 0.5) is 11.4 Å². The Hall–Kier alpha value is -1.70. The first-order valence-corrected chi connectivity index (χ1v) is 7.10. The molecule has 0 amide bonds. The highest BCUT2D eigenvalue weighted by molar-refractivity contribution is 5.55. The molecule has 21 heavy (non-hydrogen) atoms. The highest BCUT2D eigenvalue weighted by atomic mass is 16.6. The minimum Gasteiger partial charge on any atom is -0.324 e. The van der Waals surface area contributed by atoms with E-state index in [1.165, 1.54) is 6.07 Å². The predicted molar refractivity (Wildman–Crippen MR) is 82.9 cm³/mol. The fraction of sp³-hybridized carbons (Fsp3) is 0.571. The minimum absolute atomic E-state index is 0.0965. The van der Waals surface area contributed by atoms with E-state index in [4.69, 9.17) is 5.84 Å². The lowest BCUT2D eigenvalue weighted by Gasteiger charge is -2.42. The first-order valence-electron chi connectivity index (χ1n) is 7.10. The number of benzene rings is 1. The lowest BCUT2D eigenvalue weighted by atomic mass is 10.1. The molecule has 0 aromatic heterocycles. The summed E-state index contributed by atoms with van der Waals surface area (Å²) >= 11 is 0. The van der Waals surface area contributed by atoms with Crippen molar-refractivity contribution < 1.29 is 4.92 Å². The van der Waals surface area contributed by atoms with E-state index < -0.39 is 0 Å². The van der Waals surface area contributed by atoms with Gasteiger partial charge >= 0.3 is 0 Å². The minimum atomic E-state index is -0.376. The Morgan fingerprint density at radius 1 is 1.38 bits per heavy atom. The number of rotatable bonds is 4. The fourth-order valence-corrected chi connectivity index (χ4v) is 2.85. The number of piperazine rings is 1. The molecule has 0 saturated carbocycles. The second-order valence-corrected chi connectivity index (χ2v) is 5.80. The predicted octanol–water partition coefficient (Wildman–Crippen LogP) is 1.40. The lowest BCUT2D eigenvalue weighted by molar-refractivity contribution is -0.384. The van der Waals surface area contributed by atoms with Crippen LogP contribution in [0, 0.1) is 10.1 Å². The molecular weight excluding hydrogens is 270 g/mol. The molecule has 0 bridgehead atoms. The van der Waals surface area contributed by atoms with Crippen LogP contribution in [0.25, 0.3) is 0 Å². The average molecular weight is 293 g/mol. The number of hydrogen-bond acceptors (Lipinski definition) is 6. The zero-order valence-electron chi connectivity index (χ0n) is 12.7. The first kappa shape index (κ1) is 15.7. The lowest BCUT2D eigenvalue weighted by Crippen LogP contribution is -2.54. The zero-order chi connectivity index (χ0) is 15.6. The topological polar surface area (TPSA) is 87.7 Å². The van der Waals surface area contributed by atoms with Crippen molar-refractivity contribution in [3.63, 3.8) is 0 Å². The number of likely N-dealkylation sites (N-methyl/N-ethyl adjacent to an activating group) is 1. The van der Waals surface area contributed by atoms with E-state index in [1.54, 1.807) is 12.1 Å². The normalized spacial score (nSPS) is 24.0. The van der Waals surface area contributed by atoms with E-state index in [1.807, 2.05) is 0 Å². The van der Waals surface area contributed by atoms with Crippen LogP contribution in [0.2, 0.25) is 0 Å². The summed E-state index contributed by atoms with van der Waals surface area (Å²) in [6, 6.07) is 5.65. The molecular formula is C14H23N5O2. The molecule has 0 spiro atoms. The Morgan fingerprint density at radius 2 is 2.00 bits per heavy atom. The van der Waals surface area contributed by atoms with Crippen LogP contribution < -0.4 is 11.3 Å². The summed E-state index contributed by atoms with van der Waals surface area (Å²) in [7, 11) is 2.13. The van der Waals surface area contributed by atoms with Gasteiger partial charge in [-0.1, -0.05) is 0 Å². The number of nitrogen functional groups attached to an aromatic ring is 1. The molecule has 1 saturated heterocycles. The third kappa shape index (κ3) is 3.49. The quantitative estimate of drug-likeness (QED) is 0.496. The van der Waals surface area contributed by atoms with Gasteiger partial charge in [0.2, 0.25) is 0 Å². The van der Waals surface area contributed by atoms with E-state index in [9.17, 15) is 10.1 Å². The molecule has 2 unspecified atom stereocenters. The summed E-state index contributed by atoms with van der Waals surface area (Å²) < 4.78 is 0. The molecule has 3 N–H and O–H groups in total. The number of nitrogens with zero attached hydrogens (tertiary/aromatic N) is 3. The molecule has 2 atom stereocenters. The Morgan fingerprint density at radius 3 is 2.52 bits per heavy atom. The van der Waals surface area contributed by atoms with E-state index in [0.29, 0.717) is 18.6 Å². The van der Waals surface area contributed by atoms with Gasteiger partial charge in [-0.2, -0.15) is 0 Å². The number of non-ortho nitro benzene ring substituents is 1. The number of hydrazine groups is 1. The van der Waals surface area contributed by atoms with Crippen LogP contribution in [-0.4, -0.2) is 46.9 Å². The summed E-state index contributed by atoms with van der Waals surface area (Å²) in [6.07, 6.45) is 0. The number of nitro groups is 1. The van der Waals surface area contributed by atoms with Crippen molar-refractivity contribution in [3.8, 4) is 0 Å². The van der Waals surface area contributed by atoms with Gasteiger partial charge in [0.25, 0.3) is 5.69 Å². The monoisotopic (exact) mass is 293 g/mol. The first-order chi connectivity index (χ1) is 9.92. The third-order valence-corrected chi connectivity index (χ3v) is 4.28. The maximum absolute atomic E-state index is 10.9. The van der Waals surface area contributed by atoms with E-state index >= 15 is 0 Å². The van der Waals surface area contributed by atoms with Gasteiger partial charge in [0.05, 0.1) is 10.6 Å². The second kappa shape index (κ2) is 6.38. The Labute approximate surface area is 124 Å². The van der Waals surface area contributed by atoms with Crippen molar-refractivity contribution in [3.05, 3.63) is 33.9 Å². The molecule has 2 rings (SSSR count). The van der Waals surface area contributed by atoms with Crippen molar-refractivity contribution >= 4 is 11.4 Å². The highest BCUT2D eigenvalue weighted by Crippen LogP contribution is 2.24. The van der Waals surface area contributed by atoms with Crippen molar-refractivity contribution in [1.29, 1.82) is 0 Å². The largest absolute Gasteiger partial charge is 0.324 e. The van der Waals surface area contributed by atoms with Crippen LogP contribution >= 0.6 is 0 Å². The van der Waals surface area contributed by atoms with Crippen LogP contribution in [0.15, 0.2) is 18.2 Å². The molecule has 0 radical (unpaired) electrons. The summed E-state index contributed by atoms with van der Waals surface area (Å²) in [5, 5.41) is 10.9. The van der Waals surface area contributed by atoms with Crippen molar-refractivity contribution in [2.75, 3.05) is 25.6 Å². The average Bonchev–Trinajstić information content (AvgIpc) is 2.44. The second-order valence-electron chi connectivity index (χ2n) is 5.80. The Balaban J connectivity index is 2.18. The van der Waals surface area contributed by atoms with Gasteiger partial charge in [0.15, 0.2) is 0 Å². The van der Waals surface area contributed by atoms with Crippen molar-refractivity contribution in [1.82, 2.24) is 9.80 Å². The van der Waals surface area contributed by atoms with Gasteiger partial charge in [-0.15, -0.1) is 0 Å². The number of nitrogens with one attached hydrogen (secondary N) is 1. The molecule has 1 aliphatic heterocycles. The molecule has 116 valence electrons. The van der Waals surface area contributed by atoms with Gasteiger partial charge in [0.1, 0.15) is 0 Å². The third-order valence-electron chi connectivity index (χ3n) is 4.28. The maximum Gasteiger partial charge on any atom is 0.269 e. The smallest absolute Gasteiger partial charge is 0.269 e. The van der Waals surface area contributed by atoms with Crippen LogP contribution in [-0.2, 0) is 6.54 Å². The summed E-state index contributed by atoms with van der Waals surface area (Å²) in [4.78, 5) is 15.2. The van der Waals surface area contributed by atoms with Gasteiger partial charge in [-0.3, -0.25) is 25.8 Å². The Bertz CT molecular complexity index is 510. The molecule has 1 aromatic carbocycles. The molecule has 7 heteroatoms. The summed E-state index contributed by atoms with van der Waals surface area (Å²) in [5.41, 5.74) is 4.31. The number of hydrogen-bond donors (Lipinski definition) is 2. The van der Waals surface area contributed by atoms with E-state index in [0.717, 1.165) is 24.3 Å². The van der Waals surface area contributed by atoms with Crippen LogP contribution in [0.3, 0.4) is 0 Å². The molecule has 0 aliphatic carbocycles. The fourth-order valence-electron chi connectivity index (χ4n) is 2.85. The van der Waals surface area contributed by atoms with Gasteiger partial charge in [-0.25, -0.2) is 0 Å². The molecule has 1 aliphatic rings. The highest BCUT2D eigenvalue weighted by Gasteiger charge is 2.27. The van der Waals surface area contributed by atoms with E-state index in [-0.39, 0.29) is 10.6 Å². The number of nitro benzene ring substituents is 1. The van der Waals surface area contributed by atoms with Gasteiger partial charge < -0.3 is 5.43 Å². The van der Waals surface area contributed by atoms with Crippen LogP contribution in [0.1, 0.15) is 19.4 Å². The molecule has 7 nitrogen and oxygen atoms in total.